The molecule has 0 aromatic rings. The average molecular weight is 205 g/mol. The summed E-state index contributed by atoms with van der Waals surface area (Å²) >= 11 is 0. The lowest BCUT2D eigenvalue weighted by Crippen LogP contribution is -2.47. The zero-order chi connectivity index (χ0) is 10.1. The van der Waals surface area contributed by atoms with Crippen molar-refractivity contribution in [2.24, 2.45) is 11.7 Å². The fourth-order valence-corrected chi connectivity index (χ4v) is 3.60. The lowest BCUT2D eigenvalue weighted by atomic mass is 9.85. The molecule has 1 saturated heterocycles. The maximum Gasteiger partial charge on any atom is 0.150 e. The van der Waals surface area contributed by atoms with Crippen molar-refractivity contribution in [1.82, 2.24) is 0 Å². The second kappa shape index (κ2) is 3.58. The molecular weight excluding hydrogens is 186 g/mol. The van der Waals surface area contributed by atoms with E-state index in [1.807, 2.05) is 0 Å². The summed E-state index contributed by atoms with van der Waals surface area (Å²) in [7, 11) is -2.77. The third-order valence-electron chi connectivity index (χ3n) is 2.64. The Morgan fingerprint density at radius 2 is 1.77 bits per heavy atom. The topological polar surface area (TPSA) is 60.2 Å². The van der Waals surface area contributed by atoms with Gasteiger partial charge in [-0.1, -0.05) is 13.8 Å². The van der Waals surface area contributed by atoms with Crippen LogP contribution in [0.5, 0.6) is 0 Å². The molecule has 78 valence electrons. The van der Waals surface area contributed by atoms with E-state index in [4.69, 9.17) is 5.73 Å². The monoisotopic (exact) mass is 205 g/mol. The molecule has 0 bridgehead atoms. The fraction of sp³-hybridized carbons (Fsp3) is 1.00. The second-order valence-electron chi connectivity index (χ2n) is 4.61. The van der Waals surface area contributed by atoms with Crippen molar-refractivity contribution in [3.63, 3.8) is 0 Å². The highest BCUT2D eigenvalue weighted by Crippen LogP contribution is 2.27. The van der Waals surface area contributed by atoms with E-state index in [9.17, 15) is 8.42 Å². The molecular formula is C9H19NO2S. The standard InChI is InChI=1S/C9H19NO2S/c1-8(2)7-9(10)3-5-13(11,12)6-4-9/h8H,3-7,10H2,1-2H3. The summed E-state index contributed by atoms with van der Waals surface area (Å²) in [6, 6.07) is 0. The van der Waals surface area contributed by atoms with E-state index in [1.165, 1.54) is 0 Å². The summed E-state index contributed by atoms with van der Waals surface area (Å²) in [5, 5.41) is 0. The third-order valence-corrected chi connectivity index (χ3v) is 4.29. The van der Waals surface area contributed by atoms with Gasteiger partial charge in [-0.15, -0.1) is 0 Å². The molecule has 1 fully saturated rings. The van der Waals surface area contributed by atoms with Gasteiger partial charge in [0.2, 0.25) is 0 Å². The molecule has 0 unspecified atom stereocenters. The van der Waals surface area contributed by atoms with Gasteiger partial charge in [-0.25, -0.2) is 8.42 Å². The number of rotatable bonds is 2. The van der Waals surface area contributed by atoms with Gasteiger partial charge < -0.3 is 5.73 Å². The van der Waals surface area contributed by atoms with Crippen LogP contribution in [0.25, 0.3) is 0 Å². The molecule has 2 N–H and O–H groups in total. The Bertz CT molecular complexity index is 255. The van der Waals surface area contributed by atoms with Crippen LogP contribution in [0.2, 0.25) is 0 Å². The highest BCUT2D eigenvalue weighted by Gasteiger charge is 2.33. The highest BCUT2D eigenvalue weighted by molar-refractivity contribution is 7.91. The zero-order valence-electron chi connectivity index (χ0n) is 8.41. The number of sulfone groups is 1. The Morgan fingerprint density at radius 3 is 2.15 bits per heavy atom. The first kappa shape index (κ1) is 11.0. The molecule has 4 heteroatoms. The van der Waals surface area contributed by atoms with Gasteiger partial charge in [0.25, 0.3) is 0 Å². The van der Waals surface area contributed by atoms with Crippen molar-refractivity contribution in [3.8, 4) is 0 Å². The van der Waals surface area contributed by atoms with Gasteiger partial charge in [0.15, 0.2) is 0 Å². The largest absolute Gasteiger partial charge is 0.325 e. The maximum absolute atomic E-state index is 11.2. The number of nitrogens with two attached hydrogens (primary N) is 1. The molecule has 3 nitrogen and oxygen atoms in total. The minimum absolute atomic E-state index is 0.223. The van der Waals surface area contributed by atoms with Crippen molar-refractivity contribution in [2.75, 3.05) is 11.5 Å². The van der Waals surface area contributed by atoms with Crippen LogP contribution in [0.4, 0.5) is 0 Å². The SMILES string of the molecule is CC(C)CC1(N)CCS(=O)(=O)CC1. The van der Waals surface area contributed by atoms with Crippen LogP contribution < -0.4 is 5.73 Å². The molecule has 0 aliphatic carbocycles. The van der Waals surface area contributed by atoms with E-state index in [-0.39, 0.29) is 17.0 Å². The van der Waals surface area contributed by atoms with Crippen molar-refractivity contribution >= 4 is 9.84 Å². The van der Waals surface area contributed by atoms with Gasteiger partial charge in [0, 0.05) is 5.54 Å². The molecule has 1 aliphatic heterocycles. The van der Waals surface area contributed by atoms with E-state index >= 15 is 0 Å². The smallest absolute Gasteiger partial charge is 0.150 e. The summed E-state index contributed by atoms with van der Waals surface area (Å²) in [4.78, 5) is 0. The molecule has 1 heterocycles. The predicted molar refractivity (Wildman–Crippen MR) is 54.3 cm³/mol. The summed E-state index contributed by atoms with van der Waals surface area (Å²) in [6.45, 7) is 4.25. The van der Waals surface area contributed by atoms with Crippen LogP contribution in [0.3, 0.4) is 0 Å². The van der Waals surface area contributed by atoms with Gasteiger partial charge >= 0.3 is 0 Å². The summed E-state index contributed by atoms with van der Waals surface area (Å²) in [6.07, 6.45) is 2.20. The Hall–Kier alpha value is -0.0900. The van der Waals surface area contributed by atoms with Crippen LogP contribution in [0.1, 0.15) is 33.1 Å². The van der Waals surface area contributed by atoms with E-state index in [2.05, 4.69) is 13.8 Å². The van der Waals surface area contributed by atoms with Crippen LogP contribution in [-0.2, 0) is 9.84 Å². The molecule has 0 saturated carbocycles. The zero-order valence-corrected chi connectivity index (χ0v) is 9.23. The first-order chi connectivity index (χ1) is 5.83. The molecule has 13 heavy (non-hydrogen) atoms. The fourth-order valence-electron chi connectivity index (χ4n) is 1.96. The van der Waals surface area contributed by atoms with Crippen LogP contribution in [0.15, 0.2) is 0 Å². The molecule has 0 aromatic carbocycles. The Labute approximate surface area is 80.6 Å². The van der Waals surface area contributed by atoms with Gasteiger partial charge in [-0.3, -0.25) is 0 Å². The van der Waals surface area contributed by atoms with E-state index < -0.39 is 9.84 Å². The Kier molecular flexibility index (Phi) is 3.02. The predicted octanol–water partition coefficient (Wildman–Crippen LogP) is 0.939. The highest BCUT2D eigenvalue weighted by atomic mass is 32.2. The summed E-state index contributed by atoms with van der Waals surface area (Å²) in [5.41, 5.74) is 5.89. The minimum Gasteiger partial charge on any atom is -0.325 e. The van der Waals surface area contributed by atoms with Crippen molar-refractivity contribution in [1.29, 1.82) is 0 Å². The normalized spacial score (nSPS) is 26.2. The molecule has 0 atom stereocenters. The molecule has 1 rings (SSSR count). The molecule has 1 aliphatic rings. The van der Waals surface area contributed by atoms with Crippen LogP contribution in [-0.4, -0.2) is 25.5 Å². The molecule has 0 amide bonds. The Balaban J connectivity index is 2.56. The third kappa shape index (κ3) is 3.27. The lowest BCUT2D eigenvalue weighted by molar-refractivity contribution is 0.312. The van der Waals surface area contributed by atoms with Gasteiger partial charge in [0.05, 0.1) is 11.5 Å². The first-order valence-electron chi connectivity index (χ1n) is 4.82. The van der Waals surface area contributed by atoms with Crippen molar-refractivity contribution in [3.05, 3.63) is 0 Å². The van der Waals surface area contributed by atoms with E-state index in [1.54, 1.807) is 0 Å². The van der Waals surface area contributed by atoms with Crippen molar-refractivity contribution < 1.29 is 8.42 Å². The molecule has 0 radical (unpaired) electrons. The van der Waals surface area contributed by atoms with Gasteiger partial charge in [-0.05, 0) is 25.2 Å². The minimum atomic E-state index is -2.77. The van der Waals surface area contributed by atoms with Crippen LogP contribution >= 0.6 is 0 Å². The molecule has 0 spiro atoms. The molecule has 0 aromatic heterocycles. The van der Waals surface area contributed by atoms with Crippen molar-refractivity contribution in [2.45, 2.75) is 38.6 Å². The summed E-state index contributed by atoms with van der Waals surface area (Å²) in [5.74, 6) is 1.10. The first-order valence-corrected chi connectivity index (χ1v) is 6.64. The number of hydrogen-bond acceptors (Lipinski definition) is 3. The van der Waals surface area contributed by atoms with Gasteiger partial charge in [-0.2, -0.15) is 0 Å². The average Bonchev–Trinajstić information content (AvgIpc) is 1.95. The second-order valence-corrected chi connectivity index (χ2v) is 6.92. The number of hydrogen-bond donors (Lipinski definition) is 1. The summed E-state index contributed by atoms with van der Waals surface area (Å²) < 4.78 is 22.3. The van der Waals surface area contributed by atoms with Gasteiger partial charge in [0.1, 0.15) is 9.84 Å². The quantitative estimate of drug-likeness (QED) is 0.730. The Morgan fingerprint density at radius 1 is 1.31 bits per heavy atom. The lowest BCUT2D eigenvalue weighted by Gasteiger charge is -2.34. The van der Waals surface area contributed by atoms with E-state index in [0.717, 1.165) is 6.42 Å². The maximum atomic E-state index is 11.2. The van der Waals surface area contributed by atoms with E-state index in [0.29, 0.717) is 18.8 Å². The van der Waals surface area contributed by atoms with Crippen LogP contribution in [0, 0.1) is 5.92 Å².